The quantitative estimate of drug-likeness (QED) is 0.776. The number of rotatable bonds is 3. The third-order valence-electron chi connectivity index (χ3n) is 3.00. The van der Waals surface area contributed by atoms with Gasteiger partial charge in [0.15, 0.2) is 6.10 Å². The molecule has 0 spiro atoms. The van der Waals surface area contributed by atoms with E-state index in [2.05, 4.69) is 0 Å². The molecule has 16 heavy (non-hydrogen) atoms. The summed E-state index contributed by atoms with van der Waals surface area (Å²) in [6.07, 6.45) is 0.378. The van der Waals surface area contributed by atoms with Gasteiger partial charge in [-0.3, -0.25) is 4.79 Å². The zero-order chi connectivity index (χ0) is 11.5. The van der Waals surface area contributed by atoms with E-state index < -0.39 is 0 Å². The number of carbonyl (C=O) groups excluding carboxylic acids is 1. The van der Waals surface area contributed by atoms with Gasteiger partial charge in [-0.05, 0) is 25.5 Å². The van der Waals surface area contributed by atoms with Crippen molar-refractivity contribution in [3.8, 4) is 5.75 Å². The van der Waals surface area contributed by atoms with Gasteiger partial charge in [0.05, 0.1) is 0 Å². The summed E-state index contributed by atoms with van der Waals surface area (Å²) in [5, 5.41) is 0. The Morgan fingerprint density at radius 1 is 1.38 bits per heavy atom. The molecule has 1 aromatic rings. The molecule has 1 amide bonds. The Balaban J connectivity index is 2.08. The summed E-state index contributed by atoms with van der Waals surface area (Å²) < 4.78 is 5.66. The smallest absolute Gasteiger partial charge is 0.263 e. The first kappa shape index (κ1) is 11.0. The number of carbonyl (C=O) groups is 1. The average Bonchev–Trinajstić information content (AvgIpc) is 2.74. The van der Waals surface area contributed by atoms with Crippen LogP contribution in [0.15, 0.2) is 24.3 Å². The van der Waals surface area contributed by atoms with Crippen LogP contribution in [0.3, 0.4) is 0 Å². The van der Waals surface area contributed by atoms with Crippen LogP contribution in [0.5, 0.6) is 5.75 Å². The van der Waals surface area contributed by atoms with Gasteiger partial charge in [0, 0.05) is 19.5 Å². The first-order valence-corrected chi connectivity index (χ1v) is 5.79. The van der Waals surface area contributed by atoms with Gasteiger partial charge < -0.3 is 9.64 Å². The summed E-state index contributed by atoms with van der Waals surface area (Å²) in [6, 6.07) is 7.85. The molecule has 1 aromatic carbocycles. The Hall–Kier alpha value is -1.51. The lowest BCUT2D eigenvalue weighted by Gasteiger charge is -2.22. The van der Waals surface area contributed by atoms with Crippen molar-refractivity contribution >= 4 is 5.91 Å². The molecule has 0 N–H and O–H groups in total. The number of fused-ring (bicyclic) bond motifs is 1. The fraction of sp³-hybridized carbons (Fsp3) is 0.462. The minimum absolute atomic E-state index is 0.0983. The number of nitrogens with zero attached hydrogens (tertiary/aromatic N) is 1. The van der Waals surface area contributed by atoms with E-state index in [-0.39, 0.29) is 12.0 Å². The molecule has 0 radical (unpaired) electrons. The average molecular weight is 219 g/mol. The number of benzene rings is 1. The summed E-state index contributed by atoms with van der Waals surface area (Å²) in [4.78, 5) is 13.9. The Bertz CT molecular complexity index is 360. The zero-order valence-electron chi connectivity index (χ0n) is 9.77. The highest BCUT2D eigenvalue weighted by atomic mass is 16.5. The van der Waals surface area contributed by atoms with E-state index in [4.69, 9.17) is 4.74 Å². The van der Waals surface area contributed by atoms with E-state index in [0.717, 1.165) is 24.4 Å². The minimum Gasteiger partial charge on any atom is -0.480 e. The summed E-state index contributed by atoms with van der Waals surface area (Å²) in [5.74, 6) is 0.953. The van der Waals surface area contributed by atoms with Crippen LogP contribution in [-0.4, -0.2) is 30.0 Å². The SMILES string of the molecule is CCN(CC)C(=O)[C@H]1Cc2ccccc2O1. The van der Waals surface area contributed by atoms with Crippen molar-refractivity contribution in [2.75, 3.05) is 13.1 Å². The van der Waals surface area contributed by atoms with Gasteiger partial charge in [-0.2, -0.15) is 0 Å². The molecule has 1 aliphatic rings. The standard InChI is InChI=1S/C13H17NO2/c1-3-14(4-2)13(15)12-9-10-7-5-6-8-11(10)16-12/h5-8,12H,3-4,9H2,1-2H3/t12-/m1/s1. The summed E-state index contributed by atoms with van der Waals surface area (Å²) in [5.41, 5.74) is 1.13. The van der Waals surface area contributed by atoms with Gasteiger partial charge in [-0.1, -0.05) is 18.2 Å². The van der Waals surface area contributed by atoms with E-state index in [0.29, 0.717) is 6.42 Å². The van der Waals surface area contributed by atoms with Crippen molar-refractivity contribution in [3.63, 3.8) is 0 Å². The molecule has 0 bridgehead atoms. The second kappa shape index (κ2) is 4.56. The van der Waals surface area contributed by atoms with Crippen molar-refractivity contribution in [2.24, 2.45) is 0 Å². The molecule has 1 heterocycles. The molecular formula is C13H17NO2. The first-order valence-electron chi connectivity index (χ1n) is 5.79. The monoisotopic (exact) mass is 219 g/mol. The van der Waals surface area contributed by atoms with Crippen LogP contribution in [0.2, 0.25) is 0 Å². The van der Waals surface area contributed by atoms with Crippen LogP contribution < -0.4 is 4.74 Å². The van der Waals surface area contributed by atoms with Crippen LogP contribution in [0, 0.1) is 0 Å². The molecule has 2 rings (SSSR count). The molecule has 0 aliphatic carbocycles. The van der Waals surface area contributed by atoms with E-state index in [1.54, 1.807) is 0 Å². The third-order valence-corrected chi connectivity index (χ3v) is 3.00. The first-order chi connectivity index (χ1) is 7.76. The predicted molar refractivity (Wildman–Crippen MR) is 62.5 cm³/mol. The molecule has 0 fully saturated rings. The Morgan fingerprint density at radius 3 is 2.69 bits per heavy atom. The molecule has 3 heteroatoms. The molecule has 86 valence electrons. The van der Waals surface area contributed by atoms with E-state index in [1.165, 1.54) is 0 Å². The number of hydrogen-bond acceptors (Lipinski definition) is 2. The maximum Gasteiger partial charge on any atom is 0.263 e. The molecule has 1 atom stereocenters. The molecule has 0 unspecified atom stereocenters. The highest BCUT2D eigenvalue weighted by Crippen LogP contribution is 2.28. The van der Waals surface area contributed by atoms with Crippen molar-refractivity contribution in [3.05, 3.63) is 29.8 Å². The van der Waals surface area contributed by atoms with Gasteiger partial charge in [-0.15, -0.1) is 0 Å². The third kappa shape index (κ3) is 1.90. The predicted octanol–water partition coefficient (Wildman–Crippen LogP) is 1.86. The second-order valence-corrected chi connectivity index (χ2v) is 3.93. The number of hydrogen-bond donors (Lipinski definition) is 0. The maximum absolute atomic E-state index is 12.1. The van der Waals surface area contributed by atoms with Gasteiger partial charge in [0.25, 0.3) is 5.91 Å². The van der Waals surface area contributed by atoms with Crippen LogP contribution >= 0.6 is 0 Å². The normalized spacial score (nSPS) is 17.8. The van der Waals surface area contributed by atoms with E-state index >= 15 is 0 Å². The van der Waals surface area contributed by atoms with Crippen LogP contribution in [0.25, 0.3) is 0 Å². The lowest BCUT2D eigenvalue weighted by Crippen LogP contribution is -2.41. The molecule has 0 aromatic heterocycles. The Labute approximate surface area is 96.0 Å². The maximum atomic E-state index is 12.1. The number of ether oxygens (including phenoxy) is 1. The number of amides is 1. The second-order valence-electron chi connectivity index (χ2n) is 3.93. The van der Waals surface area contributed by atoms with Crippen LogP contribution in [0.4, 0.5) is 0 Å². The number of likely N-dealkylation sites (N-methyl/N-ethyl adjacent to an activating group) is 1. The number of para-hydroxylation sites is 1. The van der Waals surface area contributed by atoms with Crippen molar-refractivity contribution < 1.29 is 9.53 Å². The van der Waals surface area contributed by atoms with Gasteiger partial charge in [0.2, 0.25) is 0 Å². The lowest BCUT2D eigenvalue weighted by molar-refractivity contribution is -0.137. The fourth-order valence-corrected chi connectivity index (χ4v) is 2.06. The lowest BCUT2D eigenvalue weighted by atomic mass is 10.1. The van der Waals surface area contributed by atoms with Crippen LogP contribution in [0.1, 0.15) is 19.4 Å². The van der Waals surface area contributed by atoms with Crippen LogP contribution in [-0.2, 0) is 11.2 Å². The van der Waals surface area contributed by atoms with Crippen molar-refractivity contribution in [2.45, 2.75) is 26.4 Å². The minimum atomic E-state index is -0.322. The van der Waals surface area contributed by atoms with E-state index in [1.807, 2.05) is 43.0 Å². The topological polar surface area (TPSA) is 29.5 Å². The Kier molecular flexibility index (Phi) is 3.13. The van der Waals surface area contributed by atoms with Gasteiger partial charge >= 0.3 is 0 Å². The largest absolute Gasteiger partial charge is 0.480 e. The fourth-order valence-electron chi connectivity index (χ4n) is 2.06. The van der Waals surface area contributed by atoms with Crippen molar-refractivity contribution in [1.82, 2.24) is 4.90 Å². The molecule has 0 saturated carbocycles. The summed E-state index contributed by atoms with van der Waals surface area (Å²) in [7, 11) is 0. The van der Waals surface area contributed by atoms with Gasteiger partial charge in [0.1, 0.15) is 5.75 Å². The molecule has 1 aliphatic heterocycles. The highest BCUT2D eigenvalue weighted by Gasteiger charge is 2.30. The summed E-state index contributed by atoms with van der Waals surface area (Å²) in [6.45, 7) is 5.46. The van der Waals surface area contributed by atoms with E-state index in [9.17, 15) is 4.79 Å². The highest BCUT2D eigenvalue weighted by molar-refractivity contribution is 5.82. The molecule has 3 nitrogen and oxygen atoms in total. The zero-order valence-corrected chi connectivity index (χ0v) is 9.77. The van der Waals surface area contributed by atoms with Gasteiger partial charge in [-0.25, -0.2) is 0 Å². The molecular weight excluding hydrogens is 202 g/mol. The van der Waals surface area contributed by atoms with Crippen molar-refractivity contribution in [1.29, 1.82) is 0 Å². The Morgan fingerprint density at radius 2 is 2.06 bits per heavy atom. The summed E-state index contributed by atoms with van der Waals surface area (Å²) >= 11 is 0. The molecule has 0 saturated heterocycles.